The topological polar surface area (TPSA) is 66.9 Å². The fourth-order valence-corrected chi connectivity index (χ4v) is 2.80. The molecule has 1 aromatic carbocycles. The summed E-state index contributed by atoms with van der Waals surface area (Å²) in [6.07, 6.45) is 1.64. The monoisotopic (exact) mass is 352 g/mol. The number of nitrogens with one attached hydrogen (secondary N) is 2. The summed E-state index contributed by atoms with van der Waals surface area (Å²) in [5.41, 5.74) is 4.52. The molecule has 0 fully saturated rings. The lowest BCUT2D eigenvalue weighted by Gasteiger charge is -2.20. The summed E-state index contributed by atoms with van der Waals surface area (Å²) in [6, 6.07) is 8.00. The van der Waals surface area contributed by atoms with Crippen molar-refractivity contribution in [1.82, 2.24) is 15.3 Å². The first-order chi connectivity index (χ1) is 12.3. The lowest BCUT2D eigenvalue weighted by Crippen LogP contribution is -2.24. The van der Waals surface area contributed by atoms with Crippen molar-refractivity contribution in [2.45, 2.75) is 46.5 Å². The second-order valence-electron chi connectivity index (χ2n) is 6.96. The standard InChI is InChI=1S/C21H28N4O/c1-7-11-22-20(26)18-12-15(6)23-21(24-18)25-19-16(13(2)3)9-8-10-17(19)14(4)5/h7-10,12-14H,1,11H2,2-6H3,(H,22,26)(H,23,24,25). The Labute approximate surface area is 156 Å². The van der Waals surface area contributed by atoms with Crippen LogP contribution in [0.15, 0.2) is 36.9 Å². The SMILES string of the molecule is C=CCNC(=O)c1cc(C)nc(Nc2c(C(C)C)cccc2C(C)C)n1. The third-order valence-electron chi connectivity index (χ3n) is 4.10. The van der Waals surface area contributed by atoms with Crippen LogP contribution in [0.5, 0.6) is 0 Å². The van der Waals surface area contributed by atoms with Gasteiger partial charge in [0.15, 0.2) is 0 Å². The molecular weight excluding hydrogens is 324 g/mol. The summed E-state index contributed by atoms with van der Waals surface area (Å²) in [5.74, 6) is 0.913. The van der Waals surface area contributed by atoms with E-state index in [1.807, 2.05) is 6.92 Å². The second-order valence-corrected chi connectivity index (χ2v) is 6.96. The summed E-state index contributed by atoms with van der Waals surface area (Å²) >= 11 is 0. The number of nitrogens with zero attached hydrogens (tertiary/aromatic N) is 2. The van der Waals surface area contributed by atoms with Crippen LogP contribution in [0.1, 0.15) is 66.8 Å². The van der Waals surface area contributed by atoms with Crippen molar-refractivity contribution in [2.24, 2.45) is 0 Å². The number of amides is 1. The van der Waals surface area contributed by atoms with Crippen LogP contribution >= 0.6 is 0 Å². The Kier molecular flexibility index (Phi) is 6.50. The average Bonchev–Trinajstić information content (AvgIpc) is 2.58. The molecule has 1 aromatic heterocycles. The first-order valence-corrected chi connectivity index (χ1v) is 8.98. The number of rotatable bonds is 7. The van der Waals surface area contributed by atoms with Crippen LogP contribution in [0.4, 0.5) is 11.6 Å². The van der Waals surface area contributed by atoms with Gasteiger partial charge in [-0.25, -0.2) is 9.97 Å². The van der Waals surface area contributed by atoms with Crippen LogP contribution in [-0.2, 0) is 0 Å². The molecule has 2 aromatic rings. The molecule has 5 heteroatoms. The molecular formula is C21H28N4O. The number of hydrogen-bond donors (Lipinski definition) is 2. The highest BCUT2D eigenvalue weighted by atomic mass is 16.1. The highest BCUT2D eigenvalue weighted by Crippen LogP contribution is 2.33. The van der Waals surface area contributed by atoms with Gasteiger partial charge in [-0.05, 0) is 36.0 Å². The number of hydrogen-bond acceptors (Lipinski definition) is 4. The van der Waals surface area contributed by atoms with Crippen LogP contribution in [0.3, 0.4) is 0 Å². The minimum absolute atomic E-state index is 0.236. The molecule has 0 bridgehead atoms. The highest BCUT2D eigenvalue weighted by Gasteiger charge is 2.16. The molecule has 2 N–H and O–H groups in total. The molecule has 0 saturated carbocycles. The number of aromatic nitrogens is 2. The summed E-state index contributed by atoms with van der Waals surface area (Å²) < 4.78 is 0. The lowest BCUT2D eigenvalue weighted by molar-refractivity contribution is 0.0953. The second kappa shape index (κ2) is 8.61. The van der Waals surface area contributed by atoms with Gasteiger partial charge in [-0.1, -0.05) is 52.0 Å². The van der Waals surface area contributed by atoms with Crippen molar-refractivity contribution >= 4 is 17.5 Å². The van der Waals surface area contributed by atoms with Crippen LogP contribution in [0, 0.1) is 6.92 Å². The van der Waals surface area contributed by atoms with Gasteiger partial charge in [0.05, 0.1) is 0 Å². The smallest absolute Gasteiger partial charge is 0.270 e. The van der Waals surface area contributed by atoms with Crippen molar-refractivity contribution in [2.75, 3.05) is 11.9 Å². The molecule has 2 rings (SSSR count). The van der Waals surface area contributed by atoms with E-state index in [1.54, 1.807) is 12.1 Å². The van der Waals surface area contributed by atoms with Crippen LogP contribution in [0.2, 0.25) is 0 Å². The molecule has 5 nitrogen and oxygen atoms in total. The maximum Gasteiger partial charge on any atom is 0.270 e. The third kappa shape index (κ3) is 4.69. The number of para-hydroxylation sites is 1. The normalized spacial score (nSPS) is 10.9. The van der Waals surface area contributed by atoms with Crippen molar-refractivity contribution in [1.29, 1.82) is 0 Å². The lowest BCUT2D eigenvalue weighted by atomic mass is 9.93. The fourth-order valence-electron chi connectivity index (χ4n) is 2.80. The average molecular weight is 352 g/mol. The predicted octanol–water partition coefficient (Wildman–Crippen LogP) is 4.69. The molecule has 0 aliphatic heterocycles. The Balaban J connectivity index is 2.44. The minimum atomic E-state index is -0.236. The van der Waals surface area contributed by atoms with E-state index in [9.17, 15) is 4.79 Å². The number of anilines is 2. The van der Waals surface area contributed by atoms with Crippen molar-refractivity contribution in [3.63, 3.8) is 0 Å². The zero-order valence-corrected chi connectivity index (χ0v) is 16.3. The van der Waals surface area contributed by atoms with Gasteiger partial charge in [-0.2, -0.15) is 0 Å². The predicted molar refractivity (Wildman–Crippen MR) is 107 cm³/mol. The quantitative estimate of drug-likeness (QED) is 0.709. The van der Waals surface area contributed by atoms with Gasteiger partial charge in [-0.3, -0.25) is 4.79 Å². The van der Waals surface area contributed by atoms with Gasteiger partial charge < -0.3 is 10.6 Å². The van der Waals surface area contributed by atoms with E-state index in [-0.39, 0.29) is 5.91 Å². The Morgan fingerprint density at radius 1 is 1.15 bits per heavy atom. The van der Waals surface area contributed by atoms with Gasteiger partial charge >= 0.3 is 0 Å². The fraction of sp³-hybridized carbons (Fsp3) is 0.381. The summed E-state index contributed by atoms with van der Waals surface area (Å²) in [4.78, 5) is 21.1. The Morgan fingerprint density at radius 3 is 2.31 bits per heavy atom. The van der Waals surface area contributed by atoms with E-state index in [1.165, 1.54) is 11.1 Å². The Bertz CT molecular complexity index is 770. The van der Waals surface area contributed by atoms with Gasteiger partial charge in [0, 0.05) is 17.9 Å². The summed E-state index contributed by atoms with van der Waals surface area (Å²) in [6.45, 7) is 14.5. The van der Waals surface area contributed by atoms with E-state index >= 15 is 0 Å². The van der Waals surface area contributed by atoms with Crippen LogP contribution < -0.4 is 10.6 Å². The van der Waals surface area contributed by atoms with Crippen LogP contribution in [0.25, 0.3) is 0 Å². The summed E-state index contributed by atoms with van der Waals surface area (Å²) in [7, 11) is 0. The molecule has 0 saturated heterocycles. The molecule has 138 valence electrons. The van der Waals surface area contributed by atoms with E-state index in [2.05, 4.69) is 73.1 Å². The maximum atomic E-state index is 12.2. The molecule has 0 aliphatic carbocycles. The van der Waals surface area contributed by atoms with Crippen molar-refractivity contribution < 1.29 is 4.79 Å². The van der Waals surface area contributed by atoms with E-state index in [0.717, 1.165) is 11.4 Å². The summed E-state index contributed by atoms with van der Waals surface area (Å²) in [5, 5.41) is 6.12. The largest absolute Gasteiger partial charge is 0.347 e. The highest BCUT2D eigenvalue weighted by molar-refractivity contribution is 5.92. The zero-order valence-electron chi connectivity index (χ0n) is 16.3. The Hall–Kier alpha value is -2.69. The first-order valence-electron chi connectivity index (χ1n) is 8.98. The Morgan fingerprint density at radius 2 is 1.77 bits per heavy atom. The van der Waals surface area contributed by atoms with Crippen LogP contribution in [-0.4, -0.2) is 22.4 Å². The van der Waals surface area contributed by atoms with Gasteiger partial charge in [0.25, 0.3) is 5.91 Å². The molecule has 0 unspecified atom stereocenters. The minimum Gasteiger partial charge on any atom is -0.347 e. The van der Waals surface area contributed by atoms with E-state index in [0.29, 0.717) is 30.0 Å². The number of carbonyl (C=O) groups excluding carboxylic acids is 1. The number of aryl methyl sites for hydroxylation is 1. The number of benzene rings is 1. The molecule has 0 atom stereocenters. The van der Waals surface area contributed by atoms with Gasteiger partial charge in [0.1, 0.15) is 5.69 Å². The number of carbonyl (C=O) groups is 1. The first kappa shape index (κ1) is 19.6. The van der Waals surface area contributed by atoms with Crippen molar-refractivity contribution in [3.8, 4) is 0 Å². The van der Waals surface area contributed by atoms with Gasteiger partial charge in [0.2, 0.25) is 5.95 Å². The van der Waals surface area contributed by atoms with E-state index in [4.69, 9.17) is 0 Å². The van der Waals surface area contributed by atoms with Gasteiger partial charge in [-0.15, -0.1) is 6.58 Å². The van der Waals surface area contributed by atoms with E-state index < -0.39 is 0 Å². The third-order valence-corrected chi connectivity index (χ3v) is 4.10. The molecule has 0 radical (unpaired) electrons. The molecule has 1 heterocycles. The zero-order chi connectivity index (χ0) is 19.3. The van der Waals surface area contributed by atoms with Crippen molar-refractivity contribution in [3.05, 3.63) is 59.4 Å². The maximum absolute atomic E-state index is 12.2. The molecule has 26 heavy (non-hydrogen) atoms. The molecule has 1 amide bonds. The molecule has 0 spiro atoms. The molecule has 0 aliphatic rings.